The number of para-hydroxylation sites is 1. The maximum Gasteiger partial charge on any atom is 0.258 e. The molecule has 27 heavy (non-hydrogen) atoms. The van der Waals surface area contributed by atoms with Gasteiger partial charge in [-0.3, -0.25) is 4.79 Å². The molecule has 1 aliphatic rings. The molecule has 1 amide bonds. The second-order valence-electron chi connectivity index (χ2n) is 6.89. The predicted molar refractivity (Wildman–Crippen MR) is 114 cm³/mol. The Morgan fingerprint density at radius 1 is 0.963 bits per heavy atom. The van der Waals surface area contributed by atoms with E-state index in [1.807, 2.05) is 65.6 Å². The number of amides is 1. The summed E-state index contributed by atoms with van der Waals surface area (Å²) in [5.41, 5.74) is 3.94. The lowest BCUT2D eigenvalue weighted by atomic mass is 9.90. The molecule has 1 aliphatic heterocycles. The van der Waals surface area contributed by atoms with E-state index in [1.165, 1.54) is 0 Å². The van der Waals surface area contributed by atoms with Crippen LogP contribution in [0.5, 0.6) is 0 Å². The molecular weight excluding hydrogens is 400 g/mol. The molecule has 1 heterocycles. The van der Waals surface area contributed by atoms with E-state index in [0.717, 1.165) is 33.4 Å². The smallest absolute Gasteiger partial charge is 0.258 e. The van der Waals surface area contributed by atoms with Gasteiger partial charge in [0, 0.05) is 27.5 Å². The highest BCUT2D eigenvalue weighted by Crippen LogP contribution is 2.39. The Kier molecular flexibility index (Phi) is 4.99. The van der Waals surface area contributed by atoms with E-state index in [0.29, 0.717) is 0 Å². The highest BCUT2D eigenvalue weighted by atomic mass is 79.9. The molecule has 1 N–H and O–H groups in total. The summed E-state index contributed by atoms with van der Waals surface area (Å²) in [5, 5.41) is 3.64. The van der Waals surface area contributed by atoms with E-state index in [1.54, 1.807) is 0 Å². The minimum atomic E-state index is 0.0534. The van der Waals surface area contributed by atoms with Gasteiger partial charge < -0.3 is 10.2 Å². The molecule has 0 radical (unpaired) electrons. The van der Waals surface area contributed by atoms with Crippen LogP contribution in [-0.2, 0) is 0 Å². The van der Waals surface area contributed by atoms with Gasteiger partial charge in [-0.2, -0.15) is 0 Å². The Morgan fingerprint density at radius 2 is 1.63 bits per heavy atom. The highest BCUT2D eigenvalue weighted by Gasteiger charge is 2.33. The standard InChI is InChI=1S/C23H21BrN2O/c1-16-15-21(25-19-13-11-18(24)12-14-19)20-9-5-6-10-22(20)26(16)23(27)17-7-3-2-4-8-17/h2-14,16,21,25H,15H2,1H3/t16-,21+/m1/s1. The zero-order valence-corrected chi connectivity index (χ0v) is 16.7. The number of nitrogens with zero attached hydrogens (tertiary/aromatic N) is 1. The zero-order valence-electron chi connectivity index (χ0n) is 15.1. The summed E-state index contributed by atoms with van der Waals surface area (Å²) in [4.78, 5) is 15.1. The number of carbonyl (C=O) groups excluding carboxylic acids is 1. The van der Waals surface area contributed by atoms with Crippen molar-refractivity contribution in [2.75, 3.05) is 10.2 Å². The summed E-state index contributed by atoms with van der Waals surface area (Å²) < 4.78 is 1.06. The molecule has 3 aromatic carbocycles. The first kappa shape index (κ1) is 17.8. The Balaban J connectivity index is 1.68. The lowest BCUT2D eigenvalue weighted by Gasteiger charge is -2.40. The second kappa shape index (κ2) is 7.57. The molecule has 2 atom stereocenters. The maximum atomic E-state index is 13.2. The van der Waals surface area contributed by atoms with Crippen LogP contribution >= 0.6 is 15.9 Å². The summed E-state index contributed by atoms with van der Waals surface area (Å²) in [6.07, 6.45) is 0.853. The molecule has 0 spiro atoms. The Hall–Kier alpha value is -2.59. The van der Waals surface area contributed by atoms with Gasteiger partial charge in [0.1, 0.15) is 0 Å². The fraction of sp³-hybridized carbons (Fsp3) is 0.174. The van der Waals surface area contributed by atoms with Crippen LogP contribution in [0.4, 0.5) is 11.4 Å². The number of benzene rings is 3. The first-order valence-corrected chi connectivity index (χ1v) is 9.92. The Morgan fingerprint density at radius 3 is 2.37 bits per heavy atom. The van der Waals surface area contributed by atoms with Gasteiger partial charge in [0.15, 0.2) is 0 Å². The molecule has 0 saturated heterocycles. The molecule has 3 aromatic rings. The van der Waals surface area contributed by atoms with Crippen LogP contribution in [0.15, 0.2) is 83.3 Å². The van der Waals surface area contributed by atoms with Crippen molar-refractivity contribution in [3.8, 4) is 0 Å². The van der Waals surface area contributed by atoms with Gasteiger partial charge >= 0.3 is 0 Å². The van der Waals surface area contributed by atoms with Crippen LogP contribution in [0.25, 0.3) is 0 Å². The van der Waals surface area contributed by atoms with Crippen molar-refractivity contribution in [1.29, 1.82) is 0 Å². The molecule has 136 valence electrons. The molecular formula is C23H21BrN2O. The van der Waals surface area contributed by atoms with Gasteiger partial charge in [0.25, 0.3) is 5.91 Å². The molecule has 0 unspecified atom stereocenters. The van der Waals surface area contributed by atoms with Gasteiger partial charge in [-0.05, 0) is 61.4 Å². The van der Waals surface area contributed by atoms with Crippen molar-refractivity contribution < 1.29 is 4.79 Å². The van der Waals surface area contributed by atoms with Crippen molar-refractivity contribution >= 4 is 33.2 Å². The molecule has 3 nitrogen and oxygen atoms in total. The first-order chi connectivity index (χ1) is 13.1. The molecule has 0 aromatic heterocycles. The number of anilines is 2. The number of fused-ring (bicyclic) bond motifs is 1. The minimum absolute atomic E-state index is 0.0534. The lowest BCUT2D eigenvalue weighted by Crippen LogP contribution is -2.44. The van der Waals surface area contributed by atoms with E-state index in [9.17, 15) is 4.79 Å². The number of hydrogen-bond donors (Lipinski definition) is 1. The predicted octanol–water partition coefficient (Wildman–Crippen LogP) is 6.04. The van der Waals surface area contributed by atoms with Crippen LogP contribution in [-0.4, -0.2) is 11.9 Å². The van der Waals surface area contributed by atoms with E-state index < -0.39 is 0 Å². The second-order valence-corrected chi connectivity index (χ2v) is 7.80. The first-order valence-electron chi connectivity index (χ1n) is 9.13. The minimum Gasteiger partial charge on any atom is -0.378 e. The third-order valence-corrected chi connectivity index (χ3v) is 5.54. The van der Waals surface area contributed by atoms with Gasteiger partial charge in [-0.25, -0.2) is 0 Å². The van der Waals surface area contributed by atoms with Gasteiger partial charge in [-0.15, -0.1) is 0 Å². The summed E-state index contributed by atoms with van der Waals surface area (Å²) in [6.45, 7) is 2.12. The number of rotatable bonds is 3. The fourth-order valence-corrected chi connectivity index (χ4v) is 3.99. The van der Waals surface area contributed by atoms with Gasteiger partial charge in [0.2, 0.25) is 0 Å². The van der Waals surface area contributed by atoms with Crippen molar-refractivity contribution in [1.82, 2.24) is 0 Å². The molecule has 0 bridgehead atoms. The van der Waals surface area contributed by atoms with E-state index in [4.69, 9.17) is 0 Å². The summed E-state index contributed by atoms with van der Waals surface area (Å²) in [7, 11) is 0. The largest absolute Gasteiger partial charge is 0.378 e. The average molecular weight is 421 g/mol. The molecule has 0 fully saturated rings. The van der Waals surface area contributed by atoms with E-state index in [-0.39, 0.29) is 18.0 Å². The Labute approximate surface area is 168 Å². The number of nitrogens with one attached hydrogen (secondary N) is 1. The van der Waals surface area contributed by atoms with Crippen LogP contribution in [0, 0.1) is 0 Å². The van der Waals surface area contributed by atoms with Crippen LogP contribution < -0.4 is 10.2 Å². The van der Waals surface area contributed by atoms with Crippen molar-refractivity contribution in [2.45, 2.75) is 25.4 Å². The Bertz CT molecular complexity index is 940. The number of carbonyl (C=O) groups is 1. The third kappa shape index (κ3) is 3.62. The third-order valence-electron chi connectivity index (χ3n) is 5.01. The van der Waals surface area contributed by atoms with E-state index in [2.05, 4.69) is 46.4 Å². The molecule has 0 saturated carbocycles. The van der Waals surface area contributed by atoms with Crippen molar-refractivity contribution in [3.63, 3.8) is 0 Å². The van der Waals surface area contributed by atoms with Gasteiger partial charge in [-0.1, -0.05) is 52.3 Å². The van der Waals surface area contributed by atoms with E-state index >= 15 is 0 Å². The van der Waals surface area contributed by atoms with Crippen LogP contribution in [0.2, 0.25) is 0 Å². The molecule has 4 rings (SSSR count). The molecule has 0 aliphatic carbocycles. The maximum absolute atomic E-state index is 13.2. The van der Waals surface area contributed by atoms with Crippen LogP contribution in [0.3, 0.4) is 0 Å². The highest BCUT2D eigenvalue weighted by molar-refractivity contribution is 9.10. The average Bonchev–Trinajstić information content (AvgIpc) is 2.70. The quantitative estimate of drug-likeness (QED) is 0.559. The van der Waals surface area contributed by atoms with Crippen LogP contribution in [0.1, 0.15) is 35.3 Å². The number of halogens is 1. The van der Waals surface area contributed by atoms with Crippen molar-refractivity contribution in [2.24, 2.45) is 0 Å². The molecule has 4 heteroatoms. The lowest BCUT2D eigenvalue weighted by molar-refractivity contribution is 0.0974. The number of hydrogen-bond acceptors (Lipinski definition) is 2. The topological polar surface area (TPSA) is 32.3 Å². The fourth-order valence-electron chi connectivity index (χ4n) is 3.73. The summed E-state index contributed by atoms with van der Waals surface area (Å²) in [6, 6.07) is 26.2. The zero-order chi connectivity index (χ0) is 18.8. The normalized spacial score (nSPS) is 18.7. The SMILES string of the molecule is C[C@@H]1C[C@H](Nc2ccc(Br)cc2)c2ccccc2N1C(=O)c1ccccc1. The van der Waals surface area contributed by atoms with Gasteiger partial charge in [0.05, 0.1) is 6.04 Å². The monoisotopic (exact) mass is 420 g/mol. The van der Waals surface area contributed by atoms with Crippen molar-refractivity contribution in [3.05, 3.63) is 94.5 Å². The summed E-state index contributed by atoms with van der Waals surface area (Å²) >= 11 is 3.48. The summed E-state index contributed by atoms with van der Waals surface area (Å²) in [5.74, 6) is 0.0534.